The van der Waals surface area contributed by atoms with E-state index < -0.39 is 18.1 Å². The van der Waals surface area contributed by atoms with E-state index in [1.807, 2.05) is 60.7 Å². The van der Waals surface area contributed by atoms with E-state index in [1.54, 1.807) is 0 Å². The molecule has 2 rings (SSSR count). The molecule has 0 heterocycles. The average Bonchev–Trinajstić information content (AvgIpc) is 2.62. The summed E-state index contributed by atoms with van der Waals surface area (Å²) in [5.41, 5.74) is 1.79. The summed E-state index contributed by atoms with van der Waals surface area (Å²) in [6.07, 6.45) is -0.683. The molecule has 0 bridgehead atoms. The van der Waals surface area contributed by atoms with Crippen molar-refractivity contribution in [2.24, 2.45) is 0 Å². The molecule has 0 saturated carbocycles. The van der Waals surface area contributed by atoms with Crippen molar-refractivity contribution in [3.8, 4) is 0 Å². The summed E-state index contributed by atoms with van der Waals surface area (Å²) < 4.78 is 9.51. The molecule has 2 aromatic carbocycles. The number of rotatable bonds is 5. The van der Waals surface area contributed by atoms with Crippen molar-refractivity contribution in [2.75, 3.05) is 14.2 Å². The Kier molecular flexibility index (Phi) is 5.74. The number of benzene rings is 2. The summed E-state index contributed by atoms with van der Waals surface area (Å²) >= 11 is 0. The van der Waals surface area contributed by atoms with Crippen LogP contribution in [0.2, 0.25) is 0 Å². The second kappa shape index (κ2) is 7.98. The molecule has 0 aliphatic heterocycles. The Labute approximate surface area is 135 Å². The molecule has 0 radical (unpaired) electrons. The number of hydrogen-bond acceptors (Lipinski definition) is 4. The second-order valence-corrected chi connectivity index (χ2v) is 4.94. The van der Waals surface area contributed by atoms with Crippen molar-refractivity contribution >= 4 is 12.1 Å². The first-order valence-corrected chi connectivity index (χ1v) is 7.19. The Morgan fingerprint density at radius 3 is 1.70 bits per heavy atom. The van der Waals surface area contributed by atoms with Crippen LogP contribution >= 0.6 is 0 Å². The fourth-order valence-corrected chi connectivity index (χ4v) is 2.49. The Balaban J connectivity index is 2.48. The van der Waals surface area contributed by atoms with Gasteiger partial charge in [0.2, 0.25) is 0 Å². The molecule has 1 atom stereocenters. The van der Waals surface area contributed by atoms with Crippen LogP contribution in [-0.2, 0) is 14.3 Å². The minimum atomic E-state index is -0.891. The van der Waals surface area contributed by atoms with Gasteiger partial charge in [-0.25, -0.2) is 9.59 Å². The first-order valence-electron chi connectivity index (χ1n) is 7.19. The fraction of sp³-hybridized carbons (Fsp3) is 0.222. The molecular formula is C18H19NO4. The van der Waals surface area contributed by atoms with E-state index in [1.165, 1.54) is 14.2 Å². The van der Waals surface area contributed by atoms with E-state index in [0.29, 0.717) is 0 Å². The molecule has 0 aliphatic rings. The topological polar surface area (TPSA) is 64.6 Å². The van der Waals surface area contributed by atoms with Gasteiger partial charge in [0.1, 0.15) is 6.04 Å². The minimum Gasteiger partial charge on any atom is -0.467 e. The summed E-state index contributed by atoms with van der Waals surface area (Å²) in [4.78, 5) is 23.9. The molecule has 23 heavy (non-hydrogen) atoms. The van der Waals surface area contributed by atoms with Gasteiger partial charge in [-0.1, -0.05) is 60.7 Å². The number of esters is 1. The average molecular weight is 313 g/mol. The first-order chi connectivity index (χ1) is 11.2. The molecule has 120 valence electrons. The van der Waals surface area contributed by atoms with Crippen LogP contribution < -0.4 is 5.32 Å². The zero-order chi connectivity index (χ0) is 16.7. The predicted octanol–water partition coefficient (Wildman–Crippen LogP) is 2.72. The van der Waals surface area contributed by atoms with Gasteiger partial charge in [-0.15, -0.1) is 0 Å². The smallest absolute Gasteiger partial charge is 0.407 e. The number of amides is 1. The van der Waals surface area contributed by atoms with Crippen molar-refractivity contribution in [1.29, 1.82) is 0 Å². The van der Waals surface area contributed by atoms with Crippen LogP contribution in [0.25, 0.3) is 0 Å². The van der Waals surface area contributed by atoms with Gasteiger partial charge in [-0.05, 0) is 11.1 Å². The quantitative estimate of drug-likeness (QED) is 0.862. The fourth-order valence-electron chi connectivity index (χ4n) is 2.49. The number of carbonyl (C=O) groups excluding carboxylic acids is 2. The summed E-state index contributed by atoms with van der Waals surface area (Å²) in [5, 5.41) is 2.58. The second-order valence-electron chi connectivity index (χ2n) is 4.94. The molecule has 1 amide bonds. The van der Waals surface area contributed by atoms with Crippen LogP contribution in [-0.4, -0.2) is 32.3 Å². The summed E-state index contributed by atoms with van der Waals surface area (Å²) in [6.45, 7) is 0. The Morgan fingerprint density at radius 1 is 0.826 bits per heavy atom. The maximum Gasteiger partial charge on any atom is 0.407 e. The van der Waals surface area contributed by atoms with Crippen LogP contribution in [0.5, 0.6) is 0 Å². The summed E-state index contributed by atoms with van der Waals surface area (Å²) in [7, 11) is 2.55. The van der Waals surface area contributed by atoms with Crippen LogP contribution in [0.1, 0.15) is 17.0 Å². The SMILES string of the molecule is COC(=O)N[C@@H](C(=O)OC)C(c1ccccc1)c1ccccc1. The van der Waals surface area contributed by atoms with Gasteiger partial charge in [0.05, 0.1) is 14.2 Å². The van der Waals surface area contributed by atoms with Crippen LogP contribution in [0.3, 0.4) is 0 Å². The molecule has 0 aliphatic carbocycles. The molecule has 0 unspecified atom stereocenters. The number of methoxy groups -OCH3 is 2. The van der Waals surface area contributed by atoms with Gasteiger partial charge in [-0.3, -0.25) is 0 Å². The number of alkyl carbamates (subject to hydrolysis) is 1. The lowest BCUT2D eigenvalue weighted by molar-refractivity contribution is -0.143. The molecule has 0 spiro atoms. The van der Waals surface area contributed by atoms with Crippen molar-refractivity contribution in [3.63, 3.8) is 0 Å². The van der Waals surface area contributed by atoms with Crippen molar-refractivity contribution in [2.45, 2.75) is 12.0 Å². The number of hydrogen-bond donors (Lipinski definition) is 1. The molecule has 5 nitrogen and oxygen atoms in total. The van der Waals surface area contributed by atoms with E-state index in [4.69, 9.17) is 4.74 Å². The van der Waals surface area contributed by atoms with E-state index in [-0.39, 0.29) is 5.92 Å². The van der Waals surface area contributed by atoms with Gasteiger partial charge in [0, 0.05) is 5.92 Å². The van der Waals surface area contributed by atoms with Crippen LogP contribution in [0.4, 0.5) is 4.79 Å². The van der Waals surface area contributed by atoms with Gasteiger partial charge in [0.15, 0.2) is 0 Å². The van der Waals surface area contributed by atoms with Crippen LogP contribution in [0.15, 0.2) is 60.7 Å². The van der Waals surface area contributed by atoms with E-state index in [0.717, 1.165) is 11.1 Å². The molecule has 0 fully saturated rings. The van der Waals surface area contributed by atoms with Gasteiger partial charge in [0.25, 0.3) is 0 Å². The zero-order valence-electron chi connectivity index (χ0n) is 13.1. The third-order valence-corrected chi connectivity index (χ3v) is 3.56. The molecule has 0 aromatic heterocycles. The highest BCUT2D eigenvalue weighted by Crippen LogP contribution is 2.28. The molecule has 0 saturated heterocycles. The third-order valence-electron chi connectivity index (χ3n) is 3.56. The first kappa shape index (κ1) is 16.5. The lowest BCUT2D eigenvalue weighted by atomic mass is 9.85. The van der Waals surface area contributed by atoms with Crippen LogP contribution in [0, 0.1) is 0 Å². The monoisotopic (exact) mass is 313 g/mol. The van der Waals surface area contributed by atoms with E-state index >= 15 is 0 Å². The van der Waals surface area contributed by atoms with Gasteiger partial charge < -0.3 is 14.8 Å². The van der Waals surface area contributed by atoms with E-state index in [9.17, 15) is 9.59 Å². The maximum atomic E-state index is 12.3. The zero-order valence-corrected chi connectivity index (χ0v) is 13.1. The number of ether oxygens (including phenoxy) is 2. The minimum absolute atomic E-state index is 0.385. The third kappa shape index (κ3) is 4.10. The molecular weight excluding hydrogens is 294 g/mol. The molecule has 2 aromatic rings. The lowest BCUT2D eigenvalue weighted by Crippen LogP contribution is -2.46. The van der Waals surface area contributed by atoms with E-state index in [2.05, 4.69) is 10.1 Å². The maximum absolute atomic E-state index is 12.3. The highest BCUT2D eigenvalue weighted by molar-refractivity contribution is 5.83. The van der Waals surface area contributed by atoms with Crippen molar-refractivity contribution < 1.29 is 19.1 Å². The normalized spacial score (nSPS) is 11.6. The Hall–Kier alpha value is -2.82. The predicted molar refractivity (Wildman–Crippen MR) is 86.1 cm³/mol. The largest absolute Gasteiger partial charge is 0.467 e. The number of nitrogens with one attached hydrogen (secondary N) is 1. The summed E-state index contributed by atoms with van der Waals surface area (Å²) in [5.74, 6) is -0.919. The molecule has 5 heteroatoms. The highest BCUT2D eigenvalue weighted by Gasteiger charge is 2.33. The van der Waals surface area contributed by atoms with Crippen molar-refractivity contribution in [3.05, 3.63) is 71.8 Å². The number of carbonyl (C=O) groups is 2. The Bertz CT molecular complexity index is 603. The van der Waals surface area contributed by atoms with Crippen molar-refractivity contribution in [1.82, 2.24) is 5.32 Å². The van der Waals surface area contributed by atoms with Gasteiger partial charge in [-0.2, -0.15) is 0 Å². The standard InChI is InChI=1S/C18H19NO4/c1-22-17(20)16(19-18(21)23-2)15(13-9-5-3-6-10-13)14-11-7-4-8-12-14/h3-12,15-16H,1-2H3,(H,19,21)/t16-/m1/s1. The molecule has 1 N–H and O–H groups in total. The highest BCUT2D eigenvalue weighted by atomic mass is 16.5. The summed E-state index contributed by atoms with van der Waals surface area (Å²) in [6, 6.07) is 18.1. The lowest BCUT2D eigenvalue weighted by Gasteiger charge is -2.26. The van der Waals surface area contributed by atoms with Gasteiger partial charge >= 0.3 is 12.1 Å². The Morgan fingerprint density at radius 2 is 1.30 bits per heavy atom.